The standard InChI is InChI=1S/C27H21N3O3S3/c1-2-33-27(32)20-14-22(18-11-7-4-8-12-18)36-26(20)30-23(31)15-34-24-19-13-21(17-9-5-3-6-10-17)35-25(19)29-16-28-24/h3-14,16H,2,15H2,1H3,(H,30,31). The zero-order valence-electron chi connectivity index (χ0n) is 19.3. The van der Waals surface area contributed by atoms with E-state index in [0.29, 0.717) is 10.6 Å². The van der Waals surface area contributed by atoms with E-state index in [9.17, 15) is 9.59 Å². The van der Waals surface area contributed by atoms with Gasteiger partial charge in [0.05, 0.1) is 17.9 Å². The second kappa shape index (κ2) is 11.0. The average molecular weight is 532 g/mol. The number of thioether (sulfide) groups is 1. The number of esters is 1. The van der Waals surface area contributed by atoms with Crippen LogP contribution >= 0.6 is 34.4 Å². The first-order valence-electron chi connectivity index (χ1n) is 11.2. The Kier molecular flexibility index (Phi) is 7.41. The maximum Gasteiger partial charge on any atom is 0.341 e. The Morgan fingerprint density at radius 2 is 1.58 bits per heavy atom. The summed E-state index contributed by atoms with van der Waals surface area (Å²) in [7, 11) is 0. The molecule has 0 aliphatic carbocycles. The lowest BCUT2D eigenvalue weighted by atomic mass is 10.1. The van der Waals surface area contributed by atoms with Crippen molar-refractivity contribution in [2.24, 2.45) is 0 Å². The predicted octanol–water partition coefficient (Wildman–Crippen LogP) is 6.99. The van der Waals surface area contributed by atoms with Gasteiger partial charge in [-0.15, -0.1) is 22.7 Å². The van der Waals surface area contributed by atoms with Crippen molar-refractivity contribution < 1.29 is 14.3 Å². The van der Waals surface area contributed by atoms with Crippen molar-refractivity contribution in [2.45, 2.75) is 11.9 Å². The number of nitrogens with one attached hydrogen (secondary N) is 1. The highest BCUT2D eigenvalue weighted by Crippen LogP contribution is 2.38. The Bertz CT molecular complexity index is 1510. The van der Waals surface area contributed by atoms with E-state index in [0.717, 1.165) is 36.1 Å². The van der Waals surface area contributed by atoms with E-state index in [-0.39, 0.29) is 18.3 Å². The molecular formula is C27H21N3O3S3. The lowest BCUT2D eigenvalue weighted by Gasteiger charge is -2.06. The lowest BCUT2D eigenvalue weighted by molar-refractivity contribution is -0.113. The van der Waals surface area contributed by atoms with Crippen molar-refractivity contribution in [3.63, 3.8) is 0 Å². The molecule has 36 heavy (non-hydrogen) atoms. The van der Waals surface area contributed by atoms with E-state index in [2.05, 4.69) is 33.5 Å². The number of nitrogens with zero attached hydrogens (tertiary/aromatic N) is 2. The molecule has 1 amide bonds. The molecule has 0 bridgehead atoms. The number of rotatable bonds is 8. The molecule has 0 radical (unpaired) electrons. The Labute approximate surface area is 220 Å². The van der Waals surface area contributed by atoms with Crippen LogP contribution in [0, 0.1) is 0 Å². The van der Waals surface area contributed by atoms with Crippen LogP contribution in [0.1, 0.15) is 17.3 Å². The summed E-state index contributed by atoms with van der Waals surface area (Å²) in [6.07, 6.45) is 1.53. The van der Waals surface area contributed by atoms with Gasteiger partial charge < -0.3 is 10.1 Å². The summed E-state index contributed by atoms with van der Waals surface area (Å²) >= 11 is 4.30. The van der Waals surface area contributed by atoms with Crippen LogP contribution in [0.15, 0.2) is 84.1 Å². The highest BCUT2D eigenvalue weighted by molar-refractivity contribution is 8.00. The van der Waals surface area contributed by atoms with E-state index in [1.165, 1.54) is 29.4 Å². The van der Waals surface area contributed by atoms with Crippen LogP contribution in [0.4, 0.5) is 5.00 Å². The minimum atomic E-state index is -0.455. The monoisotopic (exact) mass is 531 g/mol. The zero-order valence-corrected chi connectivity index (χ0v) is 21.7. The van der Waals surface area contributed by atoms with Crippen molar-refractivity contribution >= 4 is 61.5 Å². The van der Waals surface area contributed by atoms with Gasteiger partial charge in [-0.2, -0.15) is 0 Å². The Morgan fingerprint density at radius 1 is 0.917 bits per heavy atom. The van der Waals surface area contributed by atoms with E-state index in [1.54, 1.807) is 24.3 Å². The minimum absolute atomic E-state index is 0.142. The maximum absolute atomic E-state index is 12.9. The van der Waals surface area contributed by atoms with Crippen LogP contribution in [-0.4, -0.2) is 34.2 Å². The summed E-state index contributed by atoms with van der Waals surface area (Å²) in [5, 5.41) is 5.06. The number of hydrogen-bond acceptors (Lipinski definition) is 8. The fourth-order valence-corrected chi connectivity index (χ4v) is 6.49. The molecule has 0 spiro atoms. The third-order valence-electron chi connectivity index (χ3n) is 5.23. The predicted molar refractivity (Wildman–Crippen MR) is 148 cm³/mol. The number of amides is 1. The number of anilines is 1. The van der Waals surface area contributed by atoms with E-state index >= 15 is 0 Å². The molecule has 9 heteroatoms. The van der Waals surface area contributed by atoms with Crippen molar-refractivity contribution in [1.29, 1.82) is 0 Å². The quantitative estimate of drug-likeness (QED) is 0.132. The zero-order chi connectivity index (χ0) is 24.9. The SMILES string of the molecule is CCOC(=O)c1cc(-c2ccccc2)sc1NC(=O)CSc1ncnc2sc(-c3ccccc3)cc12. The molecule has 0 fully saturated rings. The number of carbonyl (C=O) groups excluding carboxylic acids is 2. The number of hydrogen-bond donors (Lipinski definition) is 1. The Morgan fingerprint density at radius 3 is 2.25 bits per heavy atom. The van der Waals surface area contributed by atoms with Gasteiger partial charge in [0.2, 0.25) is 5.91 Å². The molecular weight excluding hydrogens is 511 g/mol. The van der Waals surface area contributed by atoms with Crippen LogP contribution < -0.4 is 5.32 Å². The molecule has 180 valence electrons. The number of carbonyl (C=O) groups is 2. The van der Waals surface area contributed by atoms with Crippen LogP contribution in [0.3, 0.4) is 0 Å². The molecule has 0 saturated carbocycles. The first kappa shape index (κ1) is 24.2. The Balaban J connectivity index is 1.34. The van der Waals surface area contributed by atoms with E-state index < -0.39 is 5.97 Å². The topological polar surface area (TPSA) is 81.2 Å². The largest absolute Gasteiger partial charge is 0.462 e. The lowest BCUT2D eigenvalue weighted by Crippen LogP contribution is -2.16. The van der Waals surface area contributed by atoms with Gasteiger partial charge in [0.1, 0.15) is 21.2 Å². The highest BCUT2D eigenvalue weighted by atomic mass is 32.2. The molecule has 2 aromatic carbocycles. The number of fused-ring (bicyclic) bond motifs is 1. The maximum atomic E-state index is 12.9. The summed E-state index contributed by atoms with van der Waals surface area (Å²) in [5.41, 5.74) is 2.44. The third-order valence-corrected chi connectivity index (χ3v) is 8.43. The van der Waals surface area contributed by atoms with E-state index in [4.69, 9.17) is 4.74 Å². The second-order valence-electron chi connectivity index (χ2n) is 7.65. The fraction of sp³-hybridized carbons (Fsp3) is 0.111. The Hall–Kier alpha value is -3.53. The third kappa shape index (κ3) is 5.33. The van der Waals surface area contributed by atoms with Crippen molar-refractivity contribution in [1.82, 2.24) is 9.97 Å². The first-order chi connectivity index (χ1) is 17.6. The van der Waals surface area contributed by atoms with Gasteiger partial charge >= 0.3 is 5.97 Å². The summed E-state index contributed by atoms with van der Waals surface area (Å²) < 4.78 is 5.21. The van der Waals surface area contributed by atoms with Gasteiger partial charge in [-0.3, -0.25) is 4.79 Å². The van der Waals surface area contributed by atoms with Crippen molar-refractivity contribution in [3.05, 3.63) is 84.7 Å². The van der Waals surface area contributed by atoms with Crippen LogP contribution in [0.2, 0.25) is 0 Å². The number of benzene rings is 2. The molecule has 0 aliphatic rings. The van der Waals surface area contributed by atoms with E-state index in [1.807, 2.05) is 48.5 Å². The molecule has 0 atom stereocenters. The van der Waals surface area contributed by atoms with Gasteiger partial charge in [-0.25, -0.2) is 14.8 Å². The van der Waals surface area contributed by atoms with Gasteiger partial charge in [0.15, 0.2) is 0 Å². The second-order valence-corrected chi connectivity index (χ2v) is 10.7. The molecule has 5 rings (SSSR count). The smallest absolute Gasteiger partial charge is 0.341 e. The van der Waals surface area contributed by atoms with Gasteiger partial charge in [0, 0.05) is 15.1 Å². The molecule has 5 aromatic rings. The summed E-state index contributed by atoms with van der Waals surface area (Å²) in [4.78, 5) is 37.1. The summed E-state index contributed by atoms with van der Waals surface area (Å²) in [6, 6.07) is 23.7. The normalized spacial score (nSPS) is 10.9. The van der Waals surface area contributed by atoms with Gasteiger partial charge in [-0.1, -0.05) is 72.4 Å². The molecule has 0 aliphatic heterocycles. The molecule has 3 heterocycles. The van der Waals surface area contributed by atoms with Crippen molar-refractivity contribution in [2.75, 3.05) is 17.7 Å². The van der Waals surface area contributed by atoms with Crippen LogP contribution in [-0.2, 0) is 9.53 Å². The minimum Gasteiger partial charge on any atom is -0.462 e. The number of aromatic nitrogens is 2. The number of thiophene rings is 2. The van der Waals surface area contributed by atoms with Crippen molar-refractivity contribution in [3.8, 4) is 20.9 Å². The molecule has 0 saturated heterocycles. The average Bonchev–Trinajstić information content (AvgIpc) is 3.54. The molecule has 0 unspecified atom stereocenters. The molecule has 3 aromatic heterocycles. The van der Waals surface area contributed by atoms with Gasteiger partial charge in [-0.05, 0) is 30.2 Å². The highest BCUT2D eigenvalue weighted by Gasteiger charge is 2.20. The first-order valence-corrected chi connectivity index (χ1v) is 13.8. The molecule has 1 N–H and O–H groups in total. The van der Waals surface area contributed by atoms with Crippen LogP contribution in [0.5, 0.6) is 0 Å². The van der Waals surface area contributed by atoms with Crippen LogP contribution in [0.25, 0.3) is 31.1 Å². The fourth-order valence-electron chi connectivity index (χ4n) is 3.58. The molecule has 6 nitrogen and oxygen atoms in total. The summed E-state index contributed by atoms with van der Waals surface area (Å²) in [6.45, 7) is 2.02. The number of ether oxygens (including phenoxy) is 1. The summed E-state index contributed by atoms with van der Waals surface area (Å²) in [5.74, 6) is -0.538. The van der Waals surface area contributed by atoms with Gasteiger partial charge in [0.25, 0.3) is 0 Å².